The zero-order chi connectivity index (χ0) is 68.7. The molecule has 0 aliphatic carbocycles. The molecule has 26 heteroatoms. The number of methoxy groups -OCH3 is 1. The minimum atomic E-state index is -0.853. The van der Waals surface area contributed by atoms with Crippen LogP contribution in [0.5, 0.6) is 103 Å². The van der Waals surface area contributed by atoms with Crippen LogP contribution < -0.4 is 40.7 Å². The normalized spacial score (nSPS) is 10.8. The van der Waals surface area contributed by atoms with Crippen molar-refractivity contribution in [1.29, 1.82) is 0 Å². The van der Waals surface area contributed by atoms with Gasteiger partial charge in [0.25, 0.3) is 0 Å². The molecule has 0 amide bonds. The van der Waals surface area contributed by atoms with Crippen LogP contribution >= 0.6 is 0 Å². The van der Waals surface area contributed by atoms with Crippen molar-refractivity contribution in [3.05, 3.63) is 174 Å². The SMILES string of the molecule is C.CCCOc1ccc(-c2cc(=O)c3c(O)cc(O)cc3o2)cc1O.CCCOc1ccc(-c2oc3cc(O)cc(O)c3c(=O)c2O)cc1O.CCOc1ccc(-c2cc(=O)c3c(O)cc(O)cc3o2)cc1O.COc1ccc(-c2oc3cc(O)cc(O)c3c(=O)c2O)cc1O. The molecule has 26 nitrogen and oxygen atoms in total. The Balaban J connectivity index is 0.000000163. The third-order valence-electron chi connectivity index (χ3n) is 13.8. The van der Waals surface area contributed by atoms with E-state index in [1.165, 1.54) is 79.9 Å². The van der Waals surface area contributed by atoms with E-state index in [-0.39, 0.29) is 154 Å². The second kappa shape index (κ2) is 29.1. The Hall–Kier alpha value is -13.0. The number of aromatic hydroxyl groups is 14. The second-order valence-electron chi connectivity index (χ2n) is 20.6. The molecule has 498 valence electrons. The Kier molecular flexibility index (Phi) is 20.9. The van der Waals surface area contributed by atoms with Gasteiger partial charge in [-0.05, 0) is 92.6 Å². The van der Waals surface area contributed by atoms with Crippen LogP contribution in [-0.2, 0) is 0 Å². The molecular formula is C70H62O26. The fraction of sp³-hybridized carbons (Fsp3) is 0.143. The van der Waals surface area contributed by atoms with E-state index < -0.39 is 44.7 Å². The van der Waals surface area contributed by atoms with Crippen molar-refractivity contribution in [3.8, 4) is 149 Å². The minimum Gasteiger partial charge on any atom is -0.508 e. The maximum absolute atomic E-state index is 12.3. The Morgan fingerprint density at radius 2 is 0.635 bits per heavy atom. The summed E-state index contributed by atoms with van der Waals surface area (Å²) in [5.41, 5.74) is -1.29. The lowest BCUT2D eigenvalue weighted by Crippen LogP contribution is -2.03. The summed E-state index contributed by atoms with van der Waals surface area (Å²) in [6.07, 6.45) is 1.59. The van der Waals surface area contributed by atoms with Crippen molar-refractivity contribution in [3.63, 3.8) is 0 Å². The quantitative estimate of drug-likeness (QED) is 0.0510. The number of phenolic OH excluding ortho intramolecular Hbond substituents is 12. The predicted octanol–water partition coefficient (Wildman–Crippen LogP) is 12.3. The van der Waals surface area contributed by atoms with Gasteiger partial charge in [0.2, 0.25) is 22.4 Å². The van der Waals surface area contributed by atoms with Crippen LogP contribution in [-0.4, -0.2) is 98.4 Å². The van der Waals surface area contributed by atoms with E-state index in [0.29, 0.717) is 42.4 Å². The molecule has 0 radical (unpaired) electrons. The van der Waals surface area contributed by atoms with Gasteiger partial charge in [0, 0.05) is 82.9 Å². The van der Waals surface area contributed by atoms with Crippen molar-refractivity contribution < 1.29 is 108 Å². The number of fused-ring (bicyclic) bond motifs is 4. The number of hydrogen-bond donors (Lipinski definition) is 14. The Morgan fingerprint density at radius 3 is 0.958 bits per heavy atom. The summed E-state index contributed by atoms with van der Waals surface area (Å²) in [7, 11) is 1.38. The summed E-state index contributed by atoms with van der Waals surface area (Å²) in [5, 5.41) is 137. The molecule has 14 N–H and O–H groups in total. The maximum atomic E-state index is 12.3. The average Bonchev–Trinajstić information content (AvgIpc) is 0.787. The second-order valence-corrected chi connectivity index (χ2v) is 20.6. The van der Waals surface area contributed by atoms with E-state index in [1.54, 1.807) is 31.2 Å². The van der Waals surface area contributed by atoms with E-state index in [2.05, 4.69) is 0 Å². The highest BCUT2D eigenvalue weighted by Gasteiger charge is 2.23. The first-order chi connectivity index (χ1) is 45.3. The Morgan fingerprint density at radius 1 is 0.333 bits per heavy atom. The topological polar surface area (TPSA) is 441 Å². The molecule has 0 aliphatic heterocycles. The van der Waals surface area contributed by atoms with Gasteiger partial charge in [-0.15, -0.1) is 0 Å². The lowest BCUT2D eigenvalue weighted by Gasteiger charge is -2.10. The molecule has 0 unspecified atom stereocenters. The van der Waals surface area contributed by atoms with E-state index in [1.807, 2.05) is 13.8 Å². The van der Waals surface area contributed by atoms with Crippen LogP contribution in [0.25, 0.3) is 89.2 Å². The summed E-state index contributed by atoms with van der Waals surface area (Å²) < 4.78 is 43.0. The fourth-order valence-corrected chi connectivity index (χ4v) is 9.51. The molecular weight excluding hydrogens is 1260 g/mol. The molecule has 0 atom stereocenters. The maximum Gasteiger partial charge on any atom is 0.238 e. The molecule has 0 spiro atoms. The fourth-order valence-electron chi connectivity index (χ4n) is 9.51. The molecule has 96 heavy (non-hydrogen) atoms. The minimum absolute atomic E-state index is 0. The van der Waals surface area contributed by atoms with Crippen molar-refractivity contribution >= 4 is 43.9 Å². The van der Waals surface area contributed by atoms with E-state index in [4.69, 9.17) is 36.6 Å². The third-order valence-corrected chi connectivity index (χ3v) is 13.8. The highest BCUT2D eigenvalue weighted by molar-refractivity contribution is 5.91. The molecule has 0 aliphatic rings. The summed E-state index contributed by atoms with van der Waals surface area (Å²) in [4.78, 5) is 48.9. The van der Waals surface area contributed by atoms with Gasteiger partial charge in [0.15, 0.2) is 68.4 Å². The van der Waals surface area contributed by atoms with Crippen molar-refractivity contribution in [1.82, 2.24) is 0 Å². The van der Waals surface area contributed by atoms with Crippen LogP contribution in [0, 0.1) is 0 Å². The van der Waals surface area contributed by atoms with E-state index in [9.17, 15) is 90.7 Å². The standard InChI is InChI=1S/C18H16O7.C18H16O6.C17H14O6.C16H12O7.CH4/c1-2-5-24-13-4-3-9(6-11(13)20)18-17(23)16(22)15-12(21)7-10(19)8-14(15)25-18;1-2-5-23-15-4-3-10(6-12(15)20)16-9-14(22)18-13(21)7-11(19)8-17(18)24-16;1-2-22-14-4-3-9(5-11(14)19)15-8-13(21)17-12(20)6-10(18)7-16(17)23-15;1-22-11-3-2-7(4-9(11)18)16-15(21)14(20)13-10(19)5-8(17)6-12(13)23-16;/h3-4,6-8,19-21,23H,2,5H2,1H3;3-4,6-9,19-21H,2,5H2,1H3;3-8,18-20H,2H2,1H3;2-6,17-19,21H,1H3;1H4. The van der Waals surface area contributed by atoms with Gasteiger partial charge >= 0.3 is 0 Å². The number of phenols is 12. The number of rotatable bonds is 13. The van der Waals surface area contributed by atoms with Crippen molar-refractivity contribution in [2.45, 2.75) is 41.0 Å². The number of benzene rings is 8. The van der Waals surface area contributed by atoms with Crippen LogP contribution in [0.4, 0.5) is 0 Å². The zero-order valence-electron chi connectivity index (χ0n) is 50.4. The van der Waals surface area contributed by atoms with E-state index in [0.717, 1.165) is 49.2 Å². The molecule has 4 heterocycles. The van der Waals surface area contributed by atoms with Gasteiger partial charge in [-0.25, -0.2) is 0 Å². The van der Waals surface area contributed by atoms with Gasteiger partial charge in [-0.3, -0.25) is 19.2 Å². The van der Waals surface area contributed by atoms with Gasteiger partial charge < -0.3 is 108 Å². The lowest BCUT2D eigenvalue weighted by molar-refractivity contribution is 0.299. The van der Waals surface area contributed by atoms with Crippen LogP contribution in [0.2, 0.25) is 0 Å². The summed E-state index contributed by atoms with van der Waals surface area (Å²) in [6.45, 7) is 7.02. The average molecular weight is 1320 g/mol. The van der Waals surface area contributed by atoms with E-state index >= 15 is 0 Å². The largest absolute Gasteiger partial charge is 0.508 e. The molecule has 12 rings (SSSR count). The van der Waals surface area contributed by atoms with Gasteiger partial charge in [-0.1, -0.05) is 21.3 Å². The molecule has 12 aromatic rings. The number of hydrogen-bond acceptors (Lipinski definition) is 26. The number of ether oxygens (including phenoxy) is 4. The molecule has 0 saturated carbocycles. The Bertz CT molecular complexity index is 5160. The molecule has 8 aromatic carbocycles. The molecule has 0 bridgehead atoms. The van der Waals surface area contributed by atoms with Crippen molar-refractivity contribution in [2.75, 3.05) is 26.9 Å². The van der Waals surface area contributed by atoms with Crippen LogP contribution in [0.15, 0.2) is 170 Å². The molecule has 4 aromatic heterocycles. The first-order valence-corrected chi connectivity index (χ1v) is 28.5. The molecule has 0 saturated heterocycles. The van der Waals surface area contributed by atoms with Crippen LogP contribution in [0.3, 0.4) is 0 Å². The van der Waals surface area contributed by atoms with Crippen LogP contribution in [0.1, 0.15) is 41.0 Å². The smallest absolute Gasteiger partial charge is 0.238 e. The van der Waals surface area contributed by atoms with Gasteiger partial charge in [0.05, 0.1) is 26.9 Å². The zero-order valence-corrected chi connectivity index (χ0v) is 50.4. The summed E-state index contributed by atoms with van der Waals surface area (Å²) in [6, 6.07) is 29.1. The third kappa shape index (κ3) is 14.7. The lowest BCUT2D eigenvalue weighted by atomic mass is 10.1. The predicted molar refractivity (Wildman–Crippen MR) is 351 cm³/mol. The van der Waals surface area contributed by atoms with Gasteiger partial charge in [-0.2, -0.15) is 0 Å². The first-order valence-electron chi connectivity index (χ1n) is 28.5. The Labute approximate surface area is 541 Å². The summed E-state index contributed by atoms with van der Waals surface area (Å²) >= 11 is 0. The highest BCUT2D eigenvalue weighted by Crippen LogP contribution is 2.42. The van der Waals surface area contributed by atoms with Crippen molar-refractivity contribution in [2.24, 2.45) is 0 Å². The molecule has 0 fully saturated rings. The first kappa shape index (κ1) is 68.9. The highest BCUT2D eigenvalue weighted by atomic mass is 16.5. The summed E-state index contributed by atoms with van der Waals surface area (Å²) in [5.74, 6) is -3.53. The monoisotopic (exact) mass is 1320 g/mol. The van der Waals surface area contributed by atoms with Gasteiger partial charge in [0.1, 0.15) is 101 Å².